The van der Waals surface area contributed by atoms with Crippen molar-refractivity contribution in [3.8, 4) is 0 Å². The largest absolute Gasteiger partial charge is 0.468 e. The third kappa shape index (κ3) is 3.66. The van der Waals surface area contributed by atoms with Crippen molar-refractivity contribution >= 4 is 28.5 Å². The molecule has 7 heteroatoms. The van der Waals surface area contributed by atoms with Gasteiger partial charge in [0.25, 0.3) is 5.91 Å². The molecule has 1 amide bonds. The highest BCUT2D eigenvalue weighted by Gasteiger charge is 2.20. The second-order valence-corrected chi connectivity index (χ2v) is 6.68. The minimum atomic E-state index is -0.463. The van der Waals surface area contributed by atoms with Gasteiger partial charge in [0.1, 0.15) is 11.3 Å². The van der Waals surface area contributed by atoms with E-state index < -0.39 is 5.91 Å². The lowest BCUT2D eigenvalue weighted by Crippen LogP contribution is -2.34. The molecule has 0 fully saturated rings. The van der Waals surface area contributed by atoms with Gasteiger partial charge in [0.2, 0.25) is 0 Å². The van der Waals surface area contributed by atoms with Crippen LogP contribution in [0.5, 0.6) is 0 Å². The van der Waals surface area contributed by atoms with Crippen LogP contribution in [0.2, 0.25) is 5.02 Å². The molecule has 0 aliphatic carbocycles. The maximum Gasteiger partial charge on any atom is 0.287 e. The number of furan rings is 1. The van der Waals surface area contributed by atoms with Gasteiger partial charge >= 0.3 is 0 Å². The van der Waals surface area contributed by atoms with Gasteiger partial charge in [-0.3, -0.25) is 14.5 Å². The number of carbonyl (C=O) groups excluding carboxylic acids is 1. The van der Waals surface area contributed by atoms with Crippen LogP contribution in [0.3, 0.4) is 0 Å². The molecule has 0 aliphatic rings. The number of benzene rings is 1. The van der Waals surface area contributed by atoms with Gasteiger partial charge < -0.3 is 14.2 Å². The van der Waals surface area contributed by atoms with Crippen molar-refractivity contribution in [1.29, 1.82) is 0 Å². The minimum Gasteiger partial charge on any atom is -0.468 e. The predicted octanol–water partition coefficient (Wildman–Crippen LogP) is 3.38. The van der Waals surface area contributed by atoms with E-state index in [-0.39, 0.29) is 17.2 Å². The maximum absolute atomic E-state index is 12.5. The second-order valence-electron chi connectivity index (χ2n) is 6.28. The average Bonchev–Trinajstić information content (AvgIpc) is 3.10. The number of carbonyl (C=O) groups is 1. The van der Waals surface area contributed by atoms with Gasteiger partial charge in [0.15, 0.2) is 11.2 Å². The van der Waals surface area contributed by atoms with E-state index in [9.17, 15) is 9.59 Å². The smallest absolute Gasteiger partial charge is 0.287 e. The summed E-state index contributed by atoms with van der Waals surface area (Å²) in [4.78, 5) is 26.7. The van der Waals surface area contributed by atoms with E-state index in [1.54, 1.807) is 31.4 Å². The molecule has 3 aromatic rings. The molecule has 1 atom stereocenters. The standard InChI is InChI=1S/C19H19ClN2O4/c1-11-7-17-12(8-13(11)20)15(23)9-18(26-17)19(24)21-10-14(22(2)3)16-5-4-6-25-16/h4-9,14H,10H2,1-3H3,(H,21,24)/t14-/m0/s1. The van der Waals surface area contributed by atoms with Crippen LogP contribution in [-0.2, 0) is 0 Å². The molecule has 2 heterocycles. The van der Waals surface area contributed by atoms with Gasteiger partial charge in [-0.2, -0.15) is 0 Å². The fourth-order valence-corrected chi connectivity index (χ4v) is 2.85. The molecule has 1 aromatic carbocycles. The number of likely N-dealkylation sites (N-methyl/N-ethyl adjacent to an activating group) is 1. The van der Waals surface area contributed by atoms with Crippen molar-refractivity contribution in [3.63, 3.8) is 0 Å². The van der Waals surface area contributed by atoms with Crippen LogP contribution < -0.4 is 10.7 Å². The number of fused-ring (bicyclic) bond motifs is 1. The predicted molar refractivity (Wildman–Crippen MR) is 99.7 cm³/mol. The monoisotopic (exact) mass is 374 g/mol. The summed E-state index contributed by atoms with van der Waals surface area (Å²) >= 11 is 6.05. The molecule has 0 saturated carbocycles. The third-order valence-corrected chi connectivity index (χ3v) is 4.59. The molecule has 0 saturated heterocycles. The number of nitrogens with zero attached hydrogens (tertiary/aromatic N) is 1. The fraction of sp³-hybridized carbons (Fsp3) is 0.263. The molecule has 0 aliphatic heterocycles. The van der Waals surface area contributed by atoms with Crippen molar-refractivity contribution in [2.75, 3.05) is 20.6 Å². The first-order valence-corrected chi connectivity index (χ1v) is 8.46. The van der Waals surface area contributed by atoms with E-state index in [4.69, 9.17) is 20.4 Å². The number of aryl methyl sites for hydroxylation is 1. The van der Waals surface area contributed by atoms with E-state index in [2.05, 4.69) is 5.32 Å². The Balaban J connectivity index is 1.83. The summed E-state index contributed by atoms with van der Waals surface area (Å²) in [5.41, 5.74) is 0.790. The summed E-state index contributed by atoms with van der Waals surface area (Å²) in [7, 11) is 3.78. The molecule has 2 aromatic heterocycles. The van der Waals surface area contributed by atoms with Crippen molar-refractivity contribution in [3.05, 3.63) is 68.9 Å². The van der Waals surface area contributed by atoms with Crippen LogP contribution in [0.4, 0.5) is 0 Å². The van der Waals surface area contributed by atoms with E-state index in [1.165, 1.54) is 6.07 Å². The van der Waals surface area contributed by atoms with Crippen molar-refractivity contribution in [1.82, 2.24) is 10.2 Å². The number of rotatable bonds is 5. The summed E-state index contributed by atoms with van der Waals surface area (Å²) < 4.78 is 11.0. The van der Waals surface area contributed by atoms with Gasteiger partial charge in [-0.15, -0.1) is 0 Å². The second kappa shape index (κ2) is 7.35. The molecule has 0 spiro atoms. The molecule has 3 rings (SSSR count). The summed E-state index contributed by atoms with van der Waals surface area (Å²) in [6, 6.07) is 7.89. The lowest BCUT2D eigenvalue weighted by atomic mass is 10.1. The van der Waals surface area contributed by atoms with E-state index in [0.29, 0.717) is 22.5 Å². The highest BCUT2D eigenvalue weighted by Crippen LogP contribution is 2.22. The van der Waals surface area contributed by atoms with Crippen LogP contribution in [0.15, 0.2) is 50.2 Å². The number of halogens is 1. The zero-order valence-corrected chi connectivity index (χ0v) is 15.5. The molecule has 0 bridgehead atoms. The maximum atomic E-state index is 12.5. The molecule has 26 heavy (non-hydrogen) atoms. The molecular weight excluding hydrogens is 356 g/mol. The zero-order valence-electron chi connectivity index (χ0n) is 14.7. The van der Waals surface area contributed by atoms with Gasteiger partial charge in [-0.05, 0) is 50.8 Å². The lowest BCUT2D eigenvalue weighted by molar-refractivity contribution is 0.0912. The van der Waals surface area contributed by atoms with Crippen molar-refractivity contribution in [2.45, 2.75) is 13.0 Å². The van der Waals surface area contributed by atoms with Crippen LogP contribution in [0.1, 0.15) is 27.9 Å². The Morgan fingerprint density at radius 2 is 2.08 bits per heavy atom. The Labute approximate surface area is 155 Å². The van der Waals surface area contributed by atoms with Crippen LogP contribution in [0.25, 0.3) is 11.0 Å². The summed E-state index contributed by atoms with van der Waals surface area (Å²) in [6.07, 6.45) is 1.59. The van der Waals surface area contributed by atoms with E-state index in [0.717, 1.165) is 11.3 Å². The Bertz CT molecular complexity index is 993. The zero-order chi connectivity index (χ0) is 18.8. The van der Waals surface area contributed by atoms with Crippen LogP contribution in [-0.4, -0.2) is 31.4 Å². The fourth-order valence-electron chi connectivity index (χ4n) is 2.68. The first kappa shape index (κ1) is 18.2. The normalized spacial score (nSPS) is 12.5. The Hall–Kier alpha value is -2.57. The topological polar surface area (TPSA) is 75.7 Å². The molecule has 6 nitrogen and oxygen atoms in total. The summed E-state index contributed by atoms with van der Waals surface area (Å²) in [5, 5.41) is 3.61. The first-order chi connectivity index (χ1) is 12.4. The number of hydrogen-bond donors (Lipinski definition) is 1. The Kier molecular flexibility index (Phi) is 5.15. The van der Waals surface area contributed by atoms with E-state index in [1.807, 2.05) is 25.1 Å². The molecule has 1 N–H and O–H groups in total. The lowest BCUT2D eigenvalue weighted by Gasteiger charge is -2.22. The van der Waals surface area contributed by atoms with E-state index >= 15 is 0 Å². The number of hydrogen-bond acceptors (Lipinski definition) is 5. The van der Waals surface area contributed by atoms with Gasteiger partial charge in [-0.1, -0.05) is 11.6 Å². The van der Waals surface area contributed by atoms with Crippen LogP contribution in [0, 0.1) is 6.92 Å². The number of nitrogens with one attached hydrogen (secondary N) is 1. The first-order valence-electron chi connectivity index (χ1n) is 8.09. The Morgan fingerprint density at radius 1 is 1.31 bits per heavy atom. The third-order valence-electron chi connectivity index (χ3n) is 4.18. The van der Waals surface area contributed by atoms with Gasteiger partial charge in [0, 0.05) is 17.6 Å². The summed E-state index contributed by atoms with van der Waals surface area (Å²) in [6.45, 7) is 2.11. The molecular formula is C19H19ClN2O4. The van der Waals surface area contributed by atoms with Crippen molar-refractivity contribution in [2.24, 2.45) is 0 Å². The van der Waals surface area contributed by atoms with Gasteiger partial charge in [0.05, 0.1) is 17.7 Å². The highest BCUT2D eigenvalue weighted by atomic mass is 35.5. The minimum absolute atomic E-state index is 0.0406. The Morgan fingerprint density at radius 3 is 2.73 bits per heavy atom. The van der Waals surface area contributed by atoms with Crippen molar-refractivity contribution < 1.29 is 13.6 Å². The molecule has 136 valence electrons. The number of amides is 1. The van der Waals surface area contributed by atoms with Crippen LogP contribution >= 0.6 is 11.6 Å². The molecule has 0 radical (unpaired) electrons. The highest BCUT2D eigenvalue weighted by molar-refractivity contribution is 6.32. The summed E-state index contributed by atoms with van der Waals surface area (Å²) in [5.74, 6) is 0.233. The SMILES string of the molecule is Cc1cc2oc(C(=O)NC[C@@H](c3ccco3)N(C)C)cc(=O)c2cc1Cl. The average molecular weight is 375 g/mol. The van der Waals surface area contributed by atoms with Gasteiger partial charge in [-0.25, -0.2) is 0 Å². The quantitative estimate of drug-likeness (QED) is 0.741. The molecule has 0 unspecified atom stereocenters.